The predicted molar refractivity (Wildman–Crippen MR) is 165 cm³/mol. The molecule has 0 aromatic rings. The average Bonchev–Trinajstić information content (AvgIpc) is 3.10. The lowest BCUT2D eigenvalue weighted by Crippen LogP contribution is -2.58. The van der Waals surface area contributed by atoms with Crippen LogP contribution in [0.2, 0.25) is 36.3 Å². The third-order valence-electron chi connectivity index (χ3n) is 12.1. The molecule has 0 N–H and O–H groups in total. The first-order chi connectivity index (χ1) is 17.1. The topological polar surface area (TPSA) is 35.5 Å². The van der Waals surface area contributed by atoms with E-state index in [2.05, 4.69) is 99.8 Å². The molecule has 0 heterocycles. The number of fused-ring (bicyclic) bond motifs is 5. The Balaban J connectivity index is 1.75. The molecule has 0 saturated heterocycles. The van der Waals surface area contributed by atoms with Gasteiger partial charge in [0.05, 0.1) is 12.2 Å². The van der Waals surface area contributed by atoms with Gasteiger partial charge < -0.3 is 8.85 Å². The van der Waals surface area contributed by atoms with Crippen molar-refractivity contribution >= 4 is 22.4 Å². The van der Waals surface area contributed by atoms with Crippen molar-refractivity contribution in [3.63, 3.8) is 0 Å². The lowest BCUT2D eigenvalue weighted by atomic mass is 9.49. The van der Waals surface area contributed by atoms with Crippen LogP contribution in [-0.4, -0.2) is 34.6 Å². The van der Waals surface area contributed by atoms with Crippen LogP contribution in [0.1, 0.15) is 94.4 Å². The van der Waals surface area contributed by atoms with Crippen LogP contribution in [0.25, 0.3) is 0 Å². The molecular formula is C33H56O3Si2. The molecule has 3 nitrogen and oxygen atoms in total. The number of rotatable bonds is 5. The molecule has 214 valence electrons. The third kappa shape index (κ3) is 4.75. The maximum Gasteiger partial charge on any atom is 0.192 e. The minimum Gasteiger partial charge on any atom is -0.414 e. The number of allylic oxidation sites excluding steroid dienone is 5. The van der Waals surface area contributed by atoms with Crippen molar-refractivity contribution in [1.82, 2.24) is 0 Å². The Bertz CT molecular complexity index is 1070. The molecule has 0 spiro atoms. The van der Waals surface area contributed by atoms with Crippen LogP contribution in [0, 0.1) is 22.7 Å². The molecule has 0 bridgehead atoms. The number of Topliss-reactive ketones (excluding diaryl/α,β-unsaturated/α-hetero) is 1. The van der Waals surface area contributed by atoms with E-state index in [1.807, 2.05) is 0 Å². The molecule has 0 aromatic heterocycles. The summed E-state index contributed by atoms with van der Waals surface area (Å²) in [6, 6.07) is 0. The van der Waals surface area contributed by atoms with E-state index in [1.54, 1.807) is 12.5 Å². The number of ketones is 1. The van der Waals surface area contributed by atoms with E-state index in [9.17, 15) is 4.79 Å². The Morgan fingerprint density at radius 3 is 2.05 bits per heavy atom. The summed E-state index contributed by atoms with van der Waals surface area (Å²) in [5, 5.41) is 0.347. The number of hydrogen-bond acceptors (Lipinski definition) is 3. The largest absolute Gasteiger partial charge is 0.414 e. The van der Waals surface area contributed by atoms with Gasteiger partial charge in [-0.3, -0.25) is 4.79 Å². The van der Waals surface area contributed by atoms with E-state index < -0.39 is 16.6 Å². The molecule has 38 heavy (non-hydrogen) atoms. The summed E-state index contributed by atoms with van der Waals surface area (Å²) in [5.74, 6) is 1.17. The van der Waals surface area contributed by atoms with E-state index in [0.717, 1.165) is 37.7 Å². The molecular weight excluding hydrogens is 501 g/mol. The zero-order chi connectivity index (χ0) is 28.7. The monoisotopic (exact) mass is 556 g/mol. The van der Waals surface area contributed by atoms with Crippen LogP contribution in [0.3, 0.4) is 0 Å². The van der Waals surface area contributed by atoms with Gasteiger partial charge >= 0.3 is 0 Å². The maximum absolute atomic E-state index is 12.6. The van der Waals surface area contributed by atoms with E-state index in [-0.39, 0.29) is 38.9 Å². The highest BCUT2D eigenvalue weighted by Gasteiger charge is 2.59. The highest BCUT2D eigenvalue weighted by molar-refractivity contribution is 6.74. The van der Waals surface area contributed by atoms with Crippen molar-refractivity contribution in [1.29, 1.82) is 0 Å². The van der Waals surface area contributed by atoms with Gasteiger partial charge in [-0.15, -0.1) is 0 Å². The fourth-order valence-corrected chi connectivity index (χ4v) is 10.3. The molecule has 0 aliphatic heterocycles. The highest BCUT2D eigenvalue weighted by Crippen LogP contribution is 2.64. The van der Waals surface area contributed by atoms with Gasteiger partial charge in [-0.25, -0.2) is 0 Å². The Kier molecular flexibility index (Phi) is 7.46. The summed E-state index contributed by atoms with van der Waals surface area (Å²) in [6.07, 6.45) is 12.7. The van der Waals surface area contributed by atoms with E-state index in [0.29, 0.717) is 11.8 Å². The number of hydrogen-bond donors (Lipinski definition) is 0. The van der Waals surface area contributed by atoms with Gasteiger partial charge in [0, 0.05) is 10.8 Å². The normalized spacial score (nSPS) is 36.0. The first-order valence-electron chi connectivity index (χ1n) is 15.1. The van der Waals surface area contributed by atoms with Crippen LogP contribution < -0.4 is 0 Å². The van der Waals surface area contributed by atoms with Crippen molar-refractivity contribution in [2.45, 2.75) is 143 Å². The summed E-state index contributed by atoms with van der Waals surface area (Å²) < 4.78 is 14.5. The molecule has 4 rings (SSSR count). The van der Waals surface area contributed by atoms with Crippen LogP contribution in [0.5, 0.6) is 0 Å². The van der Waals surface area contributed by atoms with Crippen molar-refractivity contribution in [3.05, 3.63) is 34.9 Å². The predicted octanol–water partition coefficient (Wildman–Crippen LogP) is 9.39. The smallest absolute Gasteiger partial charge is 0.192 e. The SMILES string of the molecule is CC(=O)C1=CC[C@@H]2C3=CC=C4CC(O[Si](C)(C)C(C)(C)C)CC(O[Si](C)(C)C(C)(C)C)[C@@]4(C)[C@@H]3CC[C@@]12C. The van der Waals surface area contributed by atoms with Crippen molar-refractivity contribution in [3.8, 4) is 0 Å². The first kappa shape index (κ1) is 30.2. The van der Waals surface area contributed by atoms with Crippen LogP contribution in [0.15, 0.2) is 34.9 Å². The molecule has 4 aliphatic rings. The quantitative estimate of drug-likeness (QED) is 0.316. The van der Waals surface area contributed by atoms with Crippen molar-refractivity contribution in [2.75, 3.05) is 0 Å². The second kappa shape index (κ2) is 9.39. The summed E-state index contributed by atoms with van der Waals surface area (Å²) >= 11 is 0. The fraction of sp³-hybridized carbons (Fsp3) is 0.788. The van der Waals surface area contributed by atoms with Crippen LogP contribution in [-0.2, 0) is 13.6 Å². The molecule has 0 aromatic carbocycles. The summed E-state index contributed by atoms with van der Waals surface area (Å²) in [5.41, 5.74) is 4.14. The summed E-state index contributed by atoms with van der Waals surface area (Å²) in [7, 11) is -3.91. The van der Waals surface area contributed by atoms with E-state index >= 15 is 0 Å². The molecule has 6 atom stereocenters. The minimum absolute atomic E-state index is 0.0195. The maximum atomic E-state index is 12.6. The third-order valence-corrected chi connectivity index (χ3v) is 21.1. The van der Waals surface area contributed by atoms with Crippen LogP contribution in [0.4, 0.5) is 0 Å². The molecule has 2 saturated carbocycles. The molecule has 2 unspecified atom stereocenters. The Morgan fingerprint density at radius 1 is 0.921 bits per heavy atom. The van der Waals surface area contributed by atoms with Gasteiger partial charge in [0.2, 0.25) is 0 Å². The minimum atomic E-state index is -2.01. The molecule has 4 aliphatic carbocycles. The Hall–Kier alpha value is -0.756. The lowest BCUT2D eigenvalue weighted by molar-refractivity contribution is -0.115. The van der Waals surface area contributed by atoms with Crippen LogP contribution >= 0.6 is 0 Å². The second-order valence-corrected chi connectivity index (χ2v) is 25.9. The second-order valence-electron chi connectivity index (χ2n) is 16.4. The summed E-state index contributed by atoms with van der Waals surface area (Å²) in [6.45, 7) is 30.3. The van der Waals surface area contributed by atoms with Gasteiger partial charge in [-0.2, -0.15) is 0 Å². The van der Waals surface area contributed by atoms with Crippen molar-refractivity contribution in [2.24, 2.45) is 22.7 Å². The van der Waals surface area contributed by atoms with Gasteiger partial charge in [0.15, 0.2) is 22.4 Å². The lowest BCUT2D eigenvalue weighted by Gasteiger charge is -2.59. The zero-order valence-electron chi connectivity index (χ0n) is 26.8. The fourth-order valence-electron chi connectivity index (χ4n) is 7.53. The highest BCUT2D eigenvalue weighted by atomic mass is 28.4. The standard InChI is InChI=1S/C33H56O3Si2/c1-22(34)26-16-17-27-25-15-14-23-20-24(35-37(10,11)30(2,3)4)21-29(36-38(12,13)31(5,6)7)33(23,9)28(25)18-19-32(26,27)8/h14-16,24,27-29H,17-21H2,1-13H3/t24?,27-,28-,29?,32+,33-/m1/s1. The van der Waals surface area contributed by atoms with Gasteiger partial charge in [-0.05, 0) is 92.7 Å². The van der Waals surface area contributed by atoms with Crippen molar-refractivity contribution < 1.29 is 13.6 Å². The van der Waals surface area contributed by atoms with Gasteiger partial charge in [-0.1, -0.05) is 84.8 Å². The molecule has 0 radical (unpaired) electrons. The molecule has 0 amide bonds. The Morgan fingerprint density at radius 2 is 1.50 bits per heavy atom. The van der Waals surface area contributed by atoms with E-state index in [1.165, 1.54) is 5.57 Å². The van der Waals surface area contributed by atoms with Gasteiger partial charge in [0.1, 0.15) is 0 Å². The van der Waals surface area contributed by atoms with Gasteiger partial charge in [0.25, 0.3) is 0 Å². The zero-order valence-corrected chi connectivity index (χ0v) is 28.8. The number of carbonyl (C=O) groups is 1. The Labute approximate surface area is 236 Å². The van der Waals surface area contributed by atoms with E-state index in [4.69, 9.17) is 8.85 Å². The molecule has 5 heteroatoms. The molecule has 2 fully saturated rings. The summed E-state index contributed by atoms with van der Waals surface area (Å²) in [4.78, 5) is 12.6. The first-order valence-corrected chi connectivity index (χ1v) is 20.9. The average molecular weight is 557 g/mol. The number of carbonyl (C=O) groups excluding carboxylic acids is 1.